The van der Waals surface area contributed by atoms with Gasteiger partial charge in [0.1, 0.15) is 5.49 Å². The van der Waals surface area contributed by atoms with Crippen LogP contribution in [0.5, 0.6) is 0 Å². The summed E-state index contributed by atoms with van der Waals surface area (Å²) in [6.45, 7) is 0. The molecule has 0 aromatic carbocycles. The van der Waals surface area contributed by atoms with Crippen LogP contribution in [0.3, 0.4) is 0 Å². The van der Waals surface area contributed by atoms with Gasteiger partial charge in [0.05, 0.1) is 6.04 Å². The zero-order chi connectivity index (χ0) is 14.5. The third kappa shape index (κ3) is 3.27. The van der Waals surface area contributed by atoms with Gasteiger partial charge in [-0.05, 0) is 37.1 Å². The zero-order valence-corrected chi connectivity index (χ0v) is 12.0. The topological polar surface area (TPSA) is 47.2 Å². The molecular weight excluding hydrogens is 262 g/mol. The number of aromatic nitrogens is 2. The molecule has 4 heteroatoms. The van der Waals surface area contributed by atoms with Crippen LogP contribution < -0.4 is 5.49 Å². The predicted octanol–water partition coefficient (Wildman–Crippen LogP) is 2.81. The minimum absolute atomic E-state index is 0.0624. The van der Waals surface area contributed by atoms with Gasteiger partial charge in [-0.3, -0.25) is 19.3 Å². The lowest BCUT2D eigenvalue weighted by atomic mass is 9.96. The van der Waals surface area contributed by atoms with E-state index in [0.29, 0.717) is 11.6 Å². The lowest BCUT2D eigenvalue weighted by molar-refractivity contribution is 0.0954. The molecule has 2 aromatic heterocycles. The highest BCUT2D eigenvalue weighted by Gasteiger charge is 2.13. The normalized spacial score (nSPS) is 16.9. The van der Waals surface area contributed by atoms with Crippen LogP contribution in [-0.4, -0.2) is 21.5 Å². The number of nitrogens with zero attached hydrogens (tertiary/aromatic N) is 3. The number of carbonyl (C=O) groups excluding carboxylic acids is 1. The first kappa shape index (κ1) is 13.7. The first-order valence-corrected chi connectivity index (χ1v) is 7.51. The molecule has 0 unspecified atom stereocenters. The van der Waals surface area contributed by atoms with E-state index < -0.39 is 0 Å². The zero-order valence-electron chi connectivity index (χ0n) is 12.0. The van der Waals surface area contributed by atoms with Gasteiger partial charge >= 0.3 is 0 Å². The van der Waals surface area contributed by atoms with E-state index in [-0.39, 0.29) is 5.91 Å². The Hall–Kier alpha value is -2.23. The third-order valence-electron chi connectivity index (χ3n) is 3.87. The Morgan fingerprint density at radius 3 is 2.62 bits per heavy atom. The molecule has 0 amide bonds. The van der Waals surface area contributed by atoms with Gasteiger partial charge in [0.2, 0.25) is 0 Å². The Bertz CT molecular complexity index is 670. The summed E-state index contributed by atoms with van der Waals surface area (Å²) in [5.74, 6) is -0.0624. The summed E-state index contributed by atoms with van der Waals surface area (Å²) in [4.78, 5) is 21.3. The van der Waals surface area contributed by atoms with Crippen molar-refractivity contribution in [1.82, 2.24) is 9.55 Å². The maximum Gasteiger partial charge on any atom is 0.263 e. The summed E-state index contributed by atoms with van der Waals surface area (Å²) in [6, 6.07) is 9.50. The lowest BCUT2D eigenvalue weighted by Gasteiger charge is -2.17. The van der Waals surface area contributed by atoms with Crippen molar-refractivity contribution >= 4 is 5.91 Å². The molecule has 4 nitrogen and oxygen atoms in total. The van der Waals surface area contributed by atoms with E-state index in [0.717, 1.165) is 18.3 Å². The molecule has 3 rings (SSSR count). The van der Waals surface area contributed by atoms with Gasteiger partial charge in [-0.15, -0.1) is 0 Å². The average molecular weight is 281 g/mol. The van der Waals surface area contributed by atoms with E-state index in [9.17, 15) is 4.79 Å². The summed E-state index contributed by atoms with van der Waals surface area (Å²) in [5.41, 5.74) is 1.37. The van der Waals surface area contributed by atoms with Gasteiger partial charge in [0.25, 0.3) is 5.91 Å². The van der Waals surface area contributed by atoms with Gasteiger partial charge in [0.15, 0.2) is 0 Å². The molecule has 1 saturated carbocycles. The van der Waals surface area contributed by atoms with Crippen LogP contribution in [0.1, 0.15) is 42.5 Å². The molecule has 108 valence electrons. The van der Waals surface area contributed by atoms with Crippen molar-refractivity contribution in [3.8, 4) is 0 Å². The van der Waals surface area contributed by atoms with Crippen LogP contribution in [0.4, 0.5) is 0 Å². The summed E-state index contributed by atoms with van der Waals surface area (Å²) in [7, 11) is 0. The number of hydrogen-bond acceptors (Lipinski definition) is 3. The van der Waals surface area contributed by atoms with Crippen LogP contribution in [-0.2, 0) is 0 Å². The maximum absolute atomic E-state index is 12.6. The second-order valence-corrected chi connectivity index (χ2v) is 5.39. The summed E-state index contributed by atoms with van der Waals surface area (Å²) in [5, 5.41) is 0. The lowest BCUT2D eigenvalue weighted by Crippen LogP contribution is -2.29. The number of pyridine rings is 2. The van der Waals surface area contributed by atoms with Gasteiger partial charge < -0.3 is 0 Å². The Balaban J connectivity index is 1.96. The highest BCUT2D eigenvalue weighted by molar-refractivity contribution is 5.95. The minimum Gasteiger partial charge on any atom is -0.268 e. The molecule has 0 radical (unpaired) electrons. The van der Waals surface area contributed by atoms with Gasteiger partial charge in [-0.25, -0.2) is 0 Å². The van der Waals surface area contributed by atoms with E-state index in [1.165, 1.54) is 19.3 Å². The molecule has 0 spiro atoms. The number of carbonyl (C=O) groups is 1. The fraction of sp³-hybridized carbons (Fsp3) is 0.353. The van der Waals surface area contributed by atoms with Gasteiger partial charge in [-0.2, -0.15) is 0 Å². The fourth-order valence-electron chi connectivity index (χ4n) is 2.74. The summed E-state index contributed by atoms with van der Waals surface area (Å²) >= 11 is 0. The Morgan fingerprint density at radius 2 is 1.86 bits per heavy atom. The smallest absolute Gasteiger partial charge is 0.263 e. The maximum atomic E-state index is 12.6. The molecule has 1 aliphatic rings. The van der Waals surface area contributed by atoms with Crippen molar-refractivity contribution in [3.63, 3.8) is 0 Å². The monoisotopic (exact) mass is 281 g/mol. The van der Waals surface area contributed by atoms with Crippen molar-refractivity contribution in [2.75, 3.05) is 0 Å². The first-order valence-electron chi connectivity index (χ1n) is 7.51. The quantitative estimate of drug-likeness (QED) is 0.849. The van der Waals surface area contributed by atoms with Crippen LogP contribution in [0.15, 0.2) is 53.9 Å². The van der Waals surface area contributed by atoms with E-state index >= 15 is 0 Å². The van der Waals surface area contributed by atoms with Crippen molar-refractivity contribution in [3.05, 3.63) is 60.0 Å². The predicted molar refractivity (Wildman–Crippen MR) is 80.8 cm³/mol. The second-order valence-electron chi connectivity index (χ2n) is 5.39. The Labute approximate surface area is 124 Å². The third-order valence-corrected chi connectivity index (χ3v) is 3.87. The summed E-state index contributed by atoms with van der Waals surface area (Å²) < 4.78 is 1.63. The van der Waals surface area contributed by atoms with Crippen molar-refractivity contribution in [2.24, 2.45) is 4.99 Å². The molecule has 1 fully saturated rings. The van der Waals surface area contributed by atoms with E-state index in [1.54, 1.807) is 35.3 Å². The summed E-state index contributed by atoms with van der Waals surface area (Å²) in [6.07, 6.45) is 11.1. The molecule has 1 aliphatic carbocycles. The fourth-order valence-corrected chi connectivity index (χ4v) is 2.74. The molecule has 21 heavy (non-hydrogen) atoms. The van der Waals surface area contributed by atoms with Gasteiger partial charge in [0, 0.05) is 24.2 Å². The highest BCUT2D eigenvalue weighted by Crippen LogP contribution is 2.19. The standard InChI is InChI=1S/C17H19N3O/c21-17(14-9-11-18-12-10-14)20-13-5-4-8-16(20)19-15-6-2-1-3-7-15/h4-5,8-13,15H,1-3,6-7H2. The van der Waals surface area contributed by atoms with Crippen molar-refractivity contribution < 1.29 is 4.79 Å². The Kier molecular flexibility index (Phi) is 4.24. The molecule has 0 atom stereocenters. The second kappa shape index (κ2) is 6.48. The highest BCUT2D eigenvalue weighted by atomic mass is 16.2. The van der Waals surface area contributed by atoms with E-state index in [2.05, 4.69) is 4.98 Å². The molecule has 2 heterocycles. The number of hydrogen-bond donors (Lipinski definition) is 0. The molecule has 0 N–H and O–H groups in total. The van der Waals surface area contributed by atoms with Crippen LogP contribution in [0, 0.1) is 0 Å². The average Bonchev–Trinajstić information content (AvgIpc) is 2.56. The van der Waals surface area contributed by atoms with Crippen LogP contribution in [0.2, 0.25) is 0 Å². The van der Waals surface area contributed by atoms with Crippen LogP contribution >= 0.6 is 0 Å². The molecule has 2 aromatic rings. The largest absolute Gasteiger partial charge is 0.268 e. The van der Waals surface area contributed by atoms with Crippen molar-refractivity contribution in [2.45, 2.75) is 38.1 Å². The van der Waals surface area contributed by atoms with Crippen molar-refractivity contribution in [1.29, 1.82) is 0 Å². The van der Waals surface area contributed by atoms with Gasteiger partial charge in [-0.1, -0.05) is 25.3 Å². The molecule has 0 bridgehead atoms. The first-order chi connectivity index (χ1) is 10.3. The number of rotatable bonds is 2. The van der Waals surface area contributed by atoms with E-state index in [4.69, 9.17) is 4.99 Å². The Morgan fingerprint density at radius 1 is 1.10 bits per heavy atom. The molecule has 0 saturated heterocycles. The SMILES string of the molecule is O=C(c1ccncc1)n1ccccc1=NC1CCCCC1. The van der Waals surface area contributed by atoms with Crippen LogP contribution in [0.25, 0.3) is 0 Å². The molecule has 0 aliphatic heterocycles. The minimum atomic E-state index is -0.0624. The molecular formula is C17H19N3O. The van der Waals surface area contributed by atoms with E-state index in [1.807, 2.05) is 18.2 Å².